The van der Waals surface area contributed by atoms with Crippen LogP contribution in [0.1, 0.15) is 51.9 Å². The summed E-state index contributed by atoms with van der Waals surface area (Å²) in [6.45, 7) is 6.72. The first kappa shape index (κ1) is 15.1. The zero-order chi connectivity index (χ0) is 16.9. The number of cyclic esters (lactones) is 1. The number of esters is 1. The van der Waals surface area contributed by atoms with E-state index in [2.05, 4.69) is 13.5 Å². The van der Waals surface area contributed by atoms with Crippen LogP contribution in [-0.2, 0) is 14.3 Å². The van der Waals surface area contributed by atoms with Crippen molar-refractivity contribution in [2.75, 3.05) is 6.61 Å². The third-order valence-corrected chi connectivity index (χ3v) is 8.65. The lowest BCUT2D eigenvalue weighted by atomic mass is 9.35. The molecule has 1 heterocycles. The topological polar surface area (TPSA) is 63.6 Å². The van der Waals surface area contributed by atoms with Gasteiger partial charge in [0.25, 0.3) is 0 Å². The molecule has 5 aliphatic carbocycles. The number of aliphatic hydroxyl groups excluding tert-OH is 1. The van der Waals surface area contributed by atoms with Crippen LogP contribution in [0, 0.1) is 34.0 Å². The second kappa shape index (κ2) is 4.32. The van der Waals surface area contributed by atoms with Crippen molar-refractivity contribution >= 4 is 11.8 Å². The normalized spacial score (nSPS) is 55.7. The Hall–Kier alpha value is -1.16. The molecule has 6 fully saturated rings. The van der Waals surface area contributed by atoms with Crippen LogP contribution in [0.3, 0.4) is 0 Å². The summed E-state index contributed by atoms with van der Waals surface area (Å²) in [5.41, 5.74) is -0.698. The quantitative estimate of drug-likeness (QED) is 0.548. The van der Waals surface area contributed by atoms with E-state index in [-0.39, 0.29) is 34.9 Å². The predicted molar refractivity (Wildman–Crippen MR) is 86.9 cm³/mol. The number of hydrogen-bond acceptors (Lipinski definition) is 4. The summed E-state index contributed by atoms with van der Waals surface area (Å²) in [5.74, 6) is 0.217. The Labute approximate surface area is 142 Å². The highest BCUT2D eigenvalue weighted by Crippen LogP contribution is 2.72. The molecule has 0 amide bonds. The Morgan fingerprint density at radius 1 is 1.12 bits per heavy atom. The van der Waals surface area contributed by atoms with Crippen LogP contribution in [0.15, 0.2) is 12.2 Å². The van der Waals surface area contributed by atoms with Crippen LogP contribution < -0.4 is 0 Å². The predicted octanol–water partition coefficient (Wildman–Crippen LogP) is 2.64. The molecule has 7 atom stereocenters. The fraction of sp³-hybridized carbons (Fsp3) is 0.800. The van der Waals surface area contributed by atoms with Gasteiger partial charge < -0.3 is 9.84 Å². The third kappa shape index (κ3) is 1.39. The molecule has 0 radical (unpaired) electrons. The highest BCUT2D eigenvalue weighted by atomic mass is 16.5. The second-order valence-corrected chi connectivity index (χ2v) is 9.35. The molecule has 0 aromatic carbocycles. The molecule has 6 aliphatic rings. The van der Waals surface area contributed by atoms with E-state index in [1.54, 1.807) is 0 Å². The van der Waals surface area contributed by atoms with Gasteiger partial charge in [0.15, 0.2) is 5.78 Å². The summed E-state index contributed by atoms with van der Waals surface area (Å²) in [6, 6.07) is 0. The summed E-state index contributed by atoms with van der Waals surface area (Å²) in [5, 5.41) is 11.1. The van der Waals surface area contributed by atoms with Crippen molar-refractivity contribution in [3.63, 3.8) is 0 Å². The number of Topliss-reactive ketones (excluding diaryl/α,β-unsaturated/α-hetero) is 1. The van der Waals surface area contributed by atoms with E-state index >= 15 is 0 Å². The van der Waals surface area contributed by atoms with Gasteiger partial charge in [0.2, 0.25) is 0 Å². The monoisotopic (exact) mass is 330 g/mol. The maximum atomic E-state index is 13.2. The first-order valence-electron chi connectivity index (χ1n) is 9.45. The summed E-state index contributed by atoms with van der Waals surface area (Å²) in [4.78, 5) is 26.2. The van der Waals surface area contributed by atoms with Gasteiger partial charge in [-0.1, -0.05) is 19.9 Å². The molecule has 4 bridgehead atoms. The summed E-state index contributed by atoms with van der Waals surface area (Å²) < 4.78 is 5.70. The molecular weight excluding hydrogens is 304 g/mol. The molecule has 1 saturated heterocycles. The van der Waals surface area contributed by atoms with Crippen LogP contribution >= 0.6 is 0 Å². The molecule has 1 unspecified atom stereocenters. The van der Waals surface area contributed by atoms with Gasteiger partial charge in [-0.3, -0.25) is 9.59 Å². The van der Waals surface area contributed by atoms with Crippen molar-refractivity contribution in [3.8, 4) is 0 Å². The largest absolute Gasteiger partial charge is 0.465 e. The van der Waals surface area contributed by atoms with Gasteiger partial charge in [-0.05, 0) is 61.9 Å². The van der Waals surface area contributed by atoms with Gasteiger partial charge in [-0.15, -0.1) is 0 Å². The first-order valence-corrected chi connectivity index (χ1v) is 9.45. The van der Waals surface area contributed by atoms with Gasteiger partial charge in [0.05, 0.1) is 23.5 Å². The molecule has 1 spiro atoms. The molecular formula is C20H26O4. The summed E-state index contributed by atoms with van der Waals surface area (Å²) >= 11 is 0. The zero-order valence-corrected chi connectivity index (χ0v) is 14.3. The number of aliphatic hydroxyl groups is 1. The molecule has 4 nitrogen and oxygen atoms in total. The fourth-order valence-corrected chi connectivity index (χ4v) is 7.52. The minimum absolute atomic E-state index is 0.0426. The number of allylic oxidation sites excluding steroid dienone is 1. The minimum atomic E-state index is -0.781. The van der Waals surface area contributed by atoms with E-state index in [9.17, 15) is 14.7 Å². The van der Waals surface area contributed by atoms with E-state index in [0.717, 1.165) is 32.1 Å². The van der Waals surface area contributed by atoms with Gasteiger partial charge in [-0.25, -0.2) is 0 Å². The molecule has 1 aliphatic heterocycles. The Bertz CT molecular complexity index is 669. The number of ketones is 1. The van der Waals surface area contributed by atoms with Crippen molar-refractivity contribution in [2.24, 2.45) is 34.0 Å². The minimum Gasteiger partial charge on any atom is -0.465 e. The molecule has 5 saturated carbocycles. The van der Waals surface area contributed by atoms with Crippen molar-refractivity contribution in [1.82, 2.24) is 0 Å². The molecule has 130 valence electrons. The second-order valence-electron chi connectivity index (χ2n) is 9.35. The number of fused-ring (bicyclic) bond motifs is 2. The summed E-state index contributed by atoms with van der Waals surface area (Å²) in [7, 11) is 0. The number of carbonyl (C=O) groups is 2. The Kier molecular flexibility index (Phi) is 2.72. The molecule has 0 aromatic rings. The van der Waals surface area contributed by atoms with Crippen LogP contribution in [0.4, 0.5) is 0 Å². The lowest BCUT2D eigenvalue weighted by molar-refractivity contribution is -0.254. The van der Waals surface area contributed by atoms with E-state index in [1.165, 1.54) is 0 Å². The highest BCUT2D eigenvalue weighted by Gasteiger charge is 2.75. The number of carbonyl (C=O) groups excluding carboxylic acids is 2. The average Bonchev–Trinajstić information content (AvgIpc) is 2.57. The Morgan fingerprint density at radius 2 is 1.92 bits per heavy atom. The molecule has 0 aromatic heterocycles. The number of hydrogen-bond donors (Lipinski definition) is 1. The van der Waals surface area contributed by atoms with Crippen LogP contribution in [0.25, 0.3) is 0 Å². The molecule has 4 heteroatoms. The van der Waals surface area contributed by atoms with E-state index in [1.807, 2.05) is 0 Å². The van der Waals surface area contributed by atoms with Gasteiger partial charge in [0, 0.05) is 5.41 Å². The zero-order valence-electron chi connectivity index (χ0n) is 14.3. The van der Waals surface area contributed by atoms with Crippen LogP contribution in [0.2, 0.25) is 0 Å². The maximum absolute atomic E-state index is 13.2. The van der Waals surface area contributed by atoms with Crippen LogP contribution in [-0.4, -0.2) is 29.6 Å². The summed E-state index contributed by atoms with van der Waals surface area (Å²) in [6.07, 6.45) is 5.25. The van der Waals surface area contributed by atoms with Gasteiger partial charge in [-0.2, -0.15) is 0 Å². The SMILES string of the molecule is C=C1C(=O)[C@]23CCC1C[C@H]2[C@@]12CCC[C@@](C)(COC1=O)[C@H]2C[C@H]3O. The third-order valence-electron chi connectivity index (χ3n) is 8.65. The standard InChI is InChI=1S/C20H26O4/c1-11-12-4-7-20(16(11)22)14(8-12)19-6-3-5-18(2,10-24-17(19)23)13(19)9-15(20)21/h12-15,21H,1,3-10H2,2H3/t12?,13-,14+,15-,18+,19+,20-/m1/s1. The van der Waals surface area contributed by atoms with E-state index < -0.39 is 16.9 Å². The van der Waals surface area contributed by atoms with Crippen molar-refractivity contribution in [2.45, 2.75) is 58.0 Å². The van der Waals surface area contributed by atoms with E-state index in [4.69, 9.17) is 4.74 Å². The maximum Gasteiger partial charge on any atom is 0.312 e. The van der Waals surface area contributed by atoms with Crippen LogP contribution in [0.5, 0.6) is 0 Å². The first-order chi connectivity index (χ1) is 11.4. The van der Waals surface area contributed by atoms with E-state index in [0.29, 0.717) is 25.0 Å². The van der Waals surface area contributed by atoms with Gasteiger partial charge >= 0.3 is 5.97 Å². The Morgan fingerprint density at radius 3 is 2.71 bits per heavy atom. The fourth-order valence-electron chi connectivity index (χ4n) is 7.52. The number of rotatable bonds is 0. The smallest absolute Gasteiger partial charge is 0.312 e. The molecule has 6 rings (SSSR count). The average molecular weight is 330 g/mol. The lowest BCUT2D eigenvalue weighted by Crippen LogP contribution is -2.72. The van der Waals surface area contributed by atoms with Gasteiger partial charge in [0.1, 0.15) is 0 Å². The number of ether oxygens (including phenoxy) is 1. The van der Waals surface area contributed by atoms with Crippen molar-refractivity contribution < 1.29 is 19.4 Å². The van der Waals surface area contributed by atoms with Crippen molar-refractivity contribution in [1.29, 1.82) is 0 Å². The Balaban J connectivity index is 1.72. The highest BCUT2D eigenvalue weighted by molar-refractivity contribution is 6.03. The molecule has 24 heavy (non-hydrogen) atoms. The van der Waals surface area contributed by atoms with Crippen molar-refractivity contribution in [3.05, 3.63) is 12.2 Å². The molecule has 1 N–H and O–H groups in total. The lowest BCUT2D eigenvalue weighted by Gasteiger charge is -2.69.